The normalized spacial score (nSPS) is 16.6. The van der Waals surface area contributed by atoms with Gasteiger partial charge in [0.25, 0.3) is 0 Å². The third-order valence-corrected chi connectivity index (χ3v) is 4.43. The first-order valence-electron chi connectivity index (χ1n) is 6.96. The van der Waals surface area contributed by atoms with Crippen molar-refractivity contribution < 1.29 is 0 Å². The molecule has 0 radical (unpaired) electrons. The van der Waals surface area contributed by atoms with Gasteiger partial charge in [-0.3, -0.25) is 4.90 Å². The Morgan fingerprint density at radius 1 is 1.10 bits per heavy atom. The number of nitrogens with zero attached hydrogens (tertiary/aromatic N) is 4. The maximum Gasteiger partial charge on any atom is 0.138 e. The van der Waals surface area contributed by atoms with Gasteiger partial charge in [0.1, 0.15) is 5.82 Å². The number of anilines is 1. The number of aromatic nitrogens is 2. The second-order valence-electron chi connectivity index (χ2n) is 5.25. The molecule has 0 N–H and O–H groups in total. The Morgan fingerprint density at radius 2 is 1.80 bits per heavy atom. The Kier molecular flexibility index (Phi) is 4.26. The fraction of sp³-hybridized carbons (Fsp3) is 0.400. The van der Waals surface area contributed by atoms with Crippen LogP contribution in [0.4, 0.5) is 5.82 Å². The molecule has 1 aliphatic heterocycles. The van der Waals surface area contributed by atoms with Crippen molar-refractivity contribution in [2.75, 3.05) is 31.1 Å². The van der Waals surface area contributed by atoms with Crippen molar-refractivity contribution in [2.45, 2.75) is 13.5 Å². The second kappa shape index (κ2) is 6.13. The van der Waals surface area contributed by atoms with Crippen LogP contribution in [-0.2, 0) is 6.54 Å². The van der Waals surface area contributed by atoms with Crippen molar-refractivity contribution in [2.24, 2.45) is 0 Å². The summed E-state index contributed by atoms with van der Waals surface area (Å²) in [4.78, 5) is 4.94. The van der Waals surface area contributed by atoms with Crippen LogP contribution in [0.3, 0.4) is 0 Å². The lowest BCUT2D eigenvalue weighted by Crippen LogP contribution is -2.46. The molecule has 0 atom stereocenters. The first-order valence-corrected chi connectivity index (χ1v) is 7.93. The zero-order valence-electron chi connectivity index (χ0n) is 11.7. The SMILES string of the molecule is Cc1cc(N2CCN(Cc3ccccc3)CC2)n(I)n1. The summed E-state index contributed by atoms with van der Waals surface area (Å²) >= 11 is 2.26. The van der Waals surface area contributed by atoms with Crippen molar-refractivity contribution in [3.05, 3.63) is 47.7 Å². The van der Waals surface area contributed by atoms with Gasteiger partial charge in [0.05, 0.1) is 28.6 Å². The van der Waals surface area contributed by atoms with Crippen molar-refractivity contribution in [3.8, 4) is 0 Å². The van der Waals surface area contributed by atoms with Crippen LogP contribution in [0.25, 0.3) is 0 Å². The van der Waals surface area contributed by atoms with E-state index < -0.39 is 0 Å². The summed E-state index contributed by atoms with van der Waals surface area (Å²) in [7, 11) is 0. The van der Waals surface area contributed by atoms with E-state index in [4.69, 9.17) is 0 Å². The number of aryl methyl sites for hydroxylation is 1. The first-order chi connectivity index (χ1) is 9.72. The number of piperazine rings is 1. The molecule has 3 rings (SSSR count). The van der Waals surface area contributed by atoms with Gasteiger partial charge >= 0.3 is 0 Å². The Morgan fingerprint density at radius 3 is 2.40 bits per heavy atom. The van der Waals surface area contributed by atoms with Crippen molar-refractivity contribution in [1.82, 2.24) is 12.9 Å². The molecule has 1 fully saturated rings. The fourth-order valence-corrected chi connectivity index (χ4v) is 3.43. The summed E-state index contributed by atoms with van der Waals surface area (Å²) in [5, 5.41) is 4.42. The Balaban J connectivity index is 1.58. The molecular weight excluding hydrogens is 363 g/mol. The predicted molar refractivity (Wildman–Crippen MR) is 90.3 cm³/mol. The topological polar surface area (TPSA) is 24.3 Å². The molecule has 1 aliphatic rings. The van der Waals surface area contributed by atoms with Crippen molar-refractivity contribution in [1.29, 1.82) is 0 Å². The molecule has 0 aliphatic carbocycles. The summed E-state index contributed by atoms with van der Waals surface area (Å²) in [5.74, 6) is 1.22. The van der Waals surface area contributed by atoms with E-state index >= 15 is 0 Å². The van der Waals surface area contributed by atoms with Gasteiger partial charge in [-0.25, -0.2) is 0 Å². The van der Waals surface area contributed by atoms with Crippen LogP contribution in [0.1, 0.15) is 11.3 Å². The predicted octanol–water partition coefficient (Wildman–Crippen LogP) is 2.71. The monoisotopic (exact) mass is 382 g/mol. The number of hydrogen-bond acceptors (Lipinski definition) is 3. The van der Waals surface area contributed by atoms with E-state index in [0.717, 1.165) is 38.4 Å². The van der Waals surface area contributed by atoms with Gasteiger partial charge in [-0.05, 0) is 12.5 Å². The summed E-state index contributed by atoms with van der Waals surface area (Å²) in [6, 6.07) is 12.9. The summed E-state index contributed by atoms with van der Waals surface area (Å²) < 4.78 is 1.96. The summed E-state index contributed by atoms with van der Waals surface area (Å²) in [5.41, 5.74) is 2.48. The van der Waals surface area contributed by atoms with E-state index in [1.54, 1.807) is 0 Å². The molecule has 0 spiro atoms. The fourth-order valence-electron chi connectivity index (χ4n) is 2.64. The molecule has 1 aromatic carbocycles. The van der Waals surface area contributed by atoms with Gasteiger partial charge in [0, 0.05) is 38.8 Å². The van der Waals surface area contributed by atoms with Gasteiger partial charge in [-0.2, -0.15) is 7.99 Å². The van der Waals surface area contributed by atoms with Gasteiger partial charge in [0.15, 0.2) is 0 Å². The van der Waals surface area contributed by atoms with E-state index in [1.807, 2.05) is 9.82 Å². The first kappa shape index (κ1) is 13.9. The van der Waals surface area contributed by atoms with Crippen LogP contribution >= 0.6 is 22.9 Å². The van der Waals surface area contributed by atoms with E-state index in [2.05, 4.69) is 74.2 Å². The molecular formula is C15H19IN4. The van der Waals surface area contributed by atoms with Gasteiger partial charge in [0.2, 0.25) is 0 Å². The maximum atomic E-state index is 4.42. The van der Waals surface area contributed by atoms with Crippen LogP contribution in [-0.4, -0.2) is 39.1 Å². The highest BCUT2D eigenvalue weighted by Gasteiger charge is 2.19. The molecule has 2 aromatic rings. The molecule has 0 bridgehead atoms. The minimum atomic E-state index is 1.05. The lowest BCUT2D eigenvalue weighted by Gasteiger charge is -2.35. The minimum absolute atomic E-state index is 1.05. The molecule has 106 valence electrons. The third-order valence-electron chi connectivity index (χ3n) is 3.72. The van der Waals surface area contributed by atoms with Crippen LogP contribution in [0.15, 0.2) is 36.4 Å². The molecule has 2 heterocycles. The van der Waals surface area contributed by atoms with Crippen LogP contribution in [0, 0.1) is 6.92 Å². The van der Waals surface area contributed by atoms with Crippen LogP contribution < -0.4 is 4.90 Å². The standard InChI is InChI=1S/C15H19IN4/c1-13-11-15(20(16)17-13)19-9-7-18(8-10-19)12-14-5-3-2-4-6-14/h2-6,11H,7-10,12H2,1H3. The van der Waals surface area contributed by atoms with E-state index in [0.29, 0.717) is 0 Å². The third kappa shape index (κ3) is 3.15. The average Bonchev–Trinajstić information content (AvgIpc) is 2.80. The van der Waals surface area contributed by atoms with Crippen molar-refractivity contribution >= 4 is 28.7 Å². The zero-order valence-corrected chi connectivity index (χ0v) is 13.8. The average molecular weight is 382 g/mol. The minimum Gasteiger partial charge on any atom is -0.354 e. The molecule has 20 heavy (non-hydrogen) atoms. The number of benzene rings is 1. The van der Waals surface area contributed by atoms with Gasteiger partial charge in [-0.15, -0.1) is 0 Å². The largest absolute Gasteiger partial charge is 0.354 e. The smallest absolute Gasteiger partial charge is 0.138 e. The molecule has 4 nitrogen and oxygen atoms in total. The maximum absolute atomic E-state index is 4.42. The second-order valence-corrected chi connectivity index (χ2v) is 6.17. The number of halogens is 1. The lowest BCUT2D eigenvalue weighted by atomic mass is 10.2. The van der Waals surface area contributed by atoms with E-state index in [-0.39, 0.29) is 0 Å². The van der Waals surface area contributed by atoms with Crippen LogP contribution in [0.5, 0.6) is 0 Å². The quantitative estimate of drug-likeness (QED) is 0.764. The Hall–Kier alpha value is -1.08. The summed E-state index contributed by atoms with van der Waals surface area (Å²) in [6.45, 7) is 7.45. The van der Waals surface area contributed by atoms with Gasteiger partial charge in [-0.1, -0.05) is 30.3 Å². The zero-order chi connectivity index (χ0) is 13.9. The summed E-state index contributed by atoms with van der Waals surface area (Å²) in [6.07, 6.45) is 0. The highest BCUT2D eigenvalue weighted by atomic mass is 127. The number of hydrogen-bond donors (Lipinski definition) is 0. The Bertz CT molecular complexity index is 559. The molecule has 1 saturated heterocycles. The molecule has 0 unspecified atom stereocenters. The molecule has 1 aromatic heterocycles. The molecule has 0 saturated carbocycles. The van der Waals surface area contributed by atoms with E-state index in [1.165, 1.54) is 11.4 Å². The Labute approximate surface area is 133 Å². The van der Waals surface area contributed by atoms with Crippen molar-refractivity contribution in [3.63, 3.8) is 0 Å². The molecule has 0 amide bonds. The van der Waals surface area contributed by atoms with E-state index in [9.17, 15) is 0 Å². The highest BCUT2D eigenvalue weighted by Crippen LogP contribution is 2.20. The van der Waals surface area contributed by atoms with Crippen LogP contribution in [0.2, 0.25) is 0 Å². The number of rotatable bonds is 3. The highest BCUT2D eigenvalue weighted by molar-refractivity contribution is 14.1. The molecule has 5 heteroatoms. The van der Waals surface area contributed by atoms with Gasteiger partial charge < -0.3 is 4.90 Å². The lowest BCUT2D eigenvalue weighted by molar-refractivity contribution is 0.249.